The van der Waals surface area contributed by atoms with E-state index in [1.54, 1.807) is 24.7 Å². The number of unbranched alkanes of at least 4 members (excludes halogenated alkanes) is 1. The van der Waals surface area contributed by atoms with Crippen LogP contribution < -0.4 is 5.73 Å². The van der Waals surface area contributed by atoms with Gasteiger partial charge >= 0.3 is 5.97 Å². The molecule has 0 amide bonds. The van der Waals surface area contributed by atoms with Crippen LogP contribution in [0, 0.1) is 6.92 Å². The third-order valence-electron chi connectivity index (χ3n) is 3.26. The zero-order valence-electron chi connectivity index (χ0n) is 12.4. The quantitative estimate of drug-likeness (QED) is 0.501. The van der Waals surface area contributed by atoms with Crippen LogP contribution in [0.25, 0.3) is 11.0 Å². The summed E-state index contributed by atoms with van der Waals surface area (Å²) in [6.45, 7) is 8.25. The molecule has 0 saturated carbocycles. The second-order valence-corrected chi connectivity index (χ2v) is 4.74. The van der Waals surface area contributed by atoms with Crippen LogP contribution in [0.15, 0.2) is 18.9 Å². The molecule has 6 heteroatoms. The summed E-state index contributed by atoms with van der Waals surface area (Å²) >= 11 is 0. The molecule has 0 radical (unpaired) electrons. The second-order valence-electron chi connectivity index (χ2n) is 4.74. The lowest BCUT2D eigenvalue weighted by molar-refractivity contribution is 0.0526. The average molecular weight is 288 g/mol. The van der Waals surface area contributed by atoms with E-state index in [-0.39, 0.29) is 0 Å². The number of rotatable bonds is 6. The summed E-state index contributed by atoms with van der Waals surface area (Å²) in [4.78, 5) is 16.4. The lowest BCUT2D eigenvalue weighted by Gasteiger charge is -2.10. The number of aryl methyl sites for hydroxylation is 2. The fourth-order valence-corrected chi connectivity index (χ4v) is 2.24. The van der Waals surface area contributed by atoms with Gasteiger partial charge in [0, 0.05) is 6.54 Å². The van der Waals surface area contributed by atoms with E-state index in [0.29, 0.717) is 34.6 Å². The second kappa shape index (κ2) is 6.39. The van der Waals surface area contributed by atoms with Crippen LogP contribution >= 0.6 is 0 Å². The number of carbonyl (C=O) groups excluding carboxylic acids is 1. The standard InChI is InChI=1S/C15H20N4O2/c1-4-6-7-8-19-14-11(9-17-19)13(16)12(10(3)18-14)15(20)21-5-2/h4,9H,1,5-8H2,2-3H3,(H2,16,18). The van der Waals surface area contributed by atoms with Crippen LogP contribution in [0.1, 0.15) is 35.8 Å². The molecule has 6 nitrogen and oxygen atoms in total. The fraction of sp³-hybridized carbons (Fsp3) is 0.400. The van der Waals surface area contributed by atoms with E-state index >= 15 is 0 Å². The van der Waals surface area contributed by atoms with Gasteiger partial charge < -0.3 is 10.5 Å². The first kappa shape index (κ1) is 15.0. The van der Waals surface area contributed by atoms with Crippen molar-refractivity contribution in [1.82, 2.24) is 14.8 Å². The van der Waals surface area contributed by atoms with Gasteiger partial charge in [-0.05, 0) is 26.7 Å². The van der Waals surface area contributed by atoms with Crippen LogP contribution in [0.4, 0.5) is 5.69 Å². The maximum Gasteiger partial charge on any atom is 0.342 e. The maximum absolute atomic E-state index is 12.0. The normalized spacial score (nSPS) is 10.8. The largest absolute Gasteiger partial charge is 0.462 e. The molecule has 2 aromatic heterocycles. The number of hydrogen-bond donors (Lipinski definition) is 1. The molecular formula is C15H20N4O2. The number of hydrogen-bond acceptors (Lipinski definition) is 5. The third-order valence-corrected chi connectivity index (χ3v) is 3.26. The van der Waals surface area contributed by atoms with Crippen molar-refractivity contribution < 1.29 is 9.53 Å². The van der Waals surface area contributed by atoms with Gasteiger partial charge in [-0.15, -0.1) is 6.58 Å². The third kappa shape index (κ3) is 2.89. The lowest BCUT2D eigenvalue weighted by atomic mass is 10.1. The minimum Gasteiger partial charge on any atom is -0.462 e. The highest BCUT2D eigenvalue weighted by Crippen LogP contribution is 2.26. The molecule has 0 aliphatic heterocycles. The summed E-state index contributed by atoms with van der Waals surface area (Å²) < 4.78 is 6.83. The Morgan fingerprint density at radius 1 is 1.57 bits per heavy atom. The fourth-order valence-electron chi connectivity index (χ4n) is 2.24. The van der Waals surface area contributed by atoms with E-state index in [4.69, 9.17) is 10.5 Å². The van der Waals surface area contributed by atoms with Gasteiger partial charge in [0.1, 0.15) is 5.56 Å². The zero-order valence-corrected chi connectivity index (χ0v) is 12.4. The van der Waals surface area contributed by atoms with E-state index in [0.717, 1.165) is 19.4 Å². The Hall–Kier alpha value is -2.37. The number of nitrogens with zero attached hydrogens (tertiary/aromatic N) is 3. The van der Waals surface area contributed by atoms with Crippen LogP contribution in [0.5, 0.6) is 0 Å². The number of allylic oxidation sites excluding steroid dienone is 1. The van der Waals surface area contributed by atoms with Crippen molar-refractivity contribution >= 4 is 22.7 Å². The minimum atomic E-state index is -0.443. The first-order valence-corrected chi connectivity index (χ1v) is 6.99. The van der Waals surface area contributed by atoms with Gasteiger partial charge in [-0.25, -0.2) is 14.5 Å². The Bertz CT molecular complexity index is 676. The van der Waals surface area contributed by atoms with Crippen molar-refractivity contribution in [3.63, 3.8) is 0 Å². The Balaban J connectivity index is 2.44. The highest BCUT2D eigenvalue weighted by Gasteiger charge is 2.20. The zero-order chi connectivity index (χ0) is 15.4. The van der Waals surface area contributed by atoms with Crippen molar-refractivity contribution in [2.24, 2.45) is 0 Å². The van der Waals surface area contributed by atoms with Crippen molar-refractivity contribution in [1.29, 1.82) is 0 Å². The van der Waals surface area contributed by atoms with Crippen LogP contribution in [0.2, 0.25) is 0 Å². The molecule has 0 aliphatic rings. The molecule has 0 spiro atoms. The van der Waals surface area contributed by atoms with Crippen LogP contribution in [0.3, 0.4) is 0 Å². The Labute approximate surface area is 123 Å². The van der Waals surface area contributed by atoms with Gasteiger partial charge in [0.15, 0.2) is 5.65 Å². The van der Waals surface area contributed by atoms with Crippen LogP contribution in [-0.2, 0) is 11.3 Å². The summed E-state index contributed by atoms with van der Waals surface area (Å²) in [6, 6.07) is 0. The summed E-state index contributed by atoms with van der Waals surface area (Å²) in [5.74, 6) is -0.443. The predicted octanol–water partition coefficient (Wildman–Crippen LogP) is 2.46. The van der Waals surface area contributed by atoms with Gasteiger partial charge in [0.2, 0.25) is 0 Å². The topological polar surface area (TPSA) is 83.0 Å². The van der Waals surface area contributed by atoms with E-state index in [1.807, 2.05) is 6.08 Å². The molecule has 0 saturated heterocycles. The van der Waals surface area contributed by atoms with E-state index < -0.39 is 5.97 Å². The van der Waals surface area contributed by atoms with Crippen molar-refractivity contribution in [3.05, 3.63) is 30.1 Å². The number of nitrogens with two attached hydrogens (primary N) is 1. The van der Waals surface area contributed by atoms with Gasteiger partial charge in [-0.2, -0.15) is 5.10 Å². The molecule has 21 heavy (non-hydrogen) atoms. The molecule has 2 heterocycles. The molecule has 0 fully saturated rings. The summed E-state index contributed by atoms with van der Waals surface area (Å²) in [5.41, 5.74) is 8.07. The van der Waals surface area contributed by atoms with E-state index in [1.165, 1.54) is 0 Å². The van der Waals surface area contributed by atoms with Crippen molar-refractivity contribution in [2.45, 2.75) is 33.2 Å². The molecule has 112 valence electrons. The van der Waals surface area contributed by atoms with Crippen molar-refractivity contribution in [3.8, 4) is 0 Å². The van der Waals surface area contributed by atoms with Gasteiger partial charge in [0.05, 0.1) is 29.6 Å². The van der Waals surface area contributed by atoms with E-state index in [9.17, 15) is 4.79 Å². The number of esters is 1. The predicted molar refractivity (Wildman–Crippen MR) is 82.1 cm³/mol. The molecule has 0 aromatic carbocycles. The number of pyridine rings is 1. The molecule has 0 aliphatic carbocycles. The number of nitrogen functional groups attached to an aromatic ring is 1. The molecular weight excluding hydrogens is 268 g/mol. The number of anilines is 1. The lowest BCUT2D eigenvalue weighted by Crippen LogP contribution is -2.12. The smallest absolute Gasteiger partial charge is 0.342 e. The first-order valence-electron chi connectivity index (χ1n) is 6.99. The average Bonchev–Trinajstić information content (AvgIpc) is 2.83. The molecule has 0 unspecified atom stereocenters. The minimum absolute atomic E-state index is 0.302. The maximum atomic E-state index is 12.0. The number of fused-ring (bicyclic) bond motifs is 1. The summed E-state index contributed by atoms with van der Waals surface area (Å²) in [5, 5.41) is 4.99. The highest BCUT2D eigenvalue weighted by atomic mass is 16.5. The molecule has 2 rings (SSSR count). The van der Waals surface area contributed by atoms with Crippen molar-refractivity contribution in [2.75, 3.05) is 12.3 Å². The summed E-state index contributed by atoms with van der Waals surface area (Å²) in [6.07, 6.45) is 5.36. The van der Waals surface area contributed by atoms with Gasteiger partial charge in [-0.3, -0.25) is 0 Å². The number of ether oxygens (including phenoxy) is 1. The van der Waals surface area contributed by atoms with Gasteiger partial charge in [0.25, 0.3) is 0 Å². The Kier molecular flexibility index (Phi) is 4.57. The Morgan fingerprint density at radius 3 is 3.00 bits per heavy atom. The first-order chi connectivity index (χ1) is 10.1. The SMILES string of the molecule is C=CCCCn1ncc2c(N)c(C(=O)OCC)c(C)nc21. The van der Waals surface area contributed by atoms with Gasteiger partial charge in [-0.1, -0.05) is 6.08 Å². The molecule has 2 aromatic rings. The van der Waals surface area contributed by atoms with E-state index in [2.05, 4.69) is 16.7 Å². The Morgan fingerprint density at radius 2 is 2.33 bits per heavy atom. The molecule has 0 bridgehead atoms. The molecule has 2 N–H and O–H groups in total. The van der Waals surface area contributed by atoms with Crippen LogP contribution in [-0.4, -0.2) is 27.3 Å². The highest BCUT2D eigenvalue weighted by molar-refractivity contribution is 6.04. The number of carbonyl (C=O) groups is 1. The monoisotopic (exact) mass is 288 g/mol. The number of aromatic nitrogens is 3. The molecule has 0 atom stereocenters. The summed E-state index contributed by atoms with van der Waals surface area (Å²) in [7, 11) is 0.